The summed E-state index contributed by atoms with van der Waals surface area (Å²) >= 11 is 0. The predicted octanol–water partition coefficient (Wildman–Crippen LogP) is 3.28. The zero-order chi connectivity index (χ0) is 13.0. The van der Waals surface area contributed by atoms with E-state index in [9.17, 15) is 4.39 Å². The smallest absolute Gasteiger partial charge is 0.165 e. The van der Waals surface area contributed by atoms with Crippen molar-refractivity contribution >= 4 is 0 Å². The van der Waals surface area contributed by atoms with Crippen LogP contribution >= 0.6 is 0 Å². The summed E-state index contributed by atoms with van der Waals surface area (Å²) in [5.41, 5.74) is 0.972. The van der Waals surface area contributed by atoms with E-state index in [1.165, 1.54) is 13.2 Å². The Morgan fingerprint density at radius 1 is 1.39 bits per heavy atom. The second kappa shape index (κ2) is 5.69. The molecule has 2 aromatic rings. The lowest BCUT2D eigenvalue weighted by Gasteiger charge is -2.14. The third-order valence-electron chi connectivity index (χ3n) is 2.84. The monoisotopic (exact) mass is 249 g/mol. The van der Waals surface area contributed by atoms with Crippen molar-refractivity contribution in [3.63, 3.8) is 0 Å². The van der Waals surface area contributed by atoms with Gasteiger partial charge in [-0.05, 0) is 36.8 Å². The molecule has 1 unspecified atom stereocenters. The summed E-state index contributed by atoms with van der Waals surface area (Å²) in [7, 11) is 1.46. The molecule has 0 spiro atoms. The van der Waals surface area contributed by atoms with Gasteiger partial charge in [0.1, 0.15) is 5.76 Å². The molecule has 0 fully saturated rings. The van der Waals surface area contributed by atoms with Crippen LogP contribution in [0.1, 0.15) is 24.3 Å². The standard InChI is InChI=1S/C14H16FNO2/c1-10(16-9-12-4-3-7-18-12)11-5-6-13(15)14(8-11)17-2/h3-8,10,16H,9H2,1-2H3. The van der Waals surface area contributed by atoms with Crippen LogP contribution in [-0.2, 0) is 6.54 Å². The number of hydrogen-bond donors (Lipinski definition) is 1. The average Bonchev–Trinajstić information content (AvgIpc) is 2.89. The van der Waals surface area contributed by atoms with Gasteiger partial charge in [0, 0.05) is 6.04 Å². The van der Waals surface area contributed by atoms with E-state index in [2.05, 4.69) is 5.32 Å². The van der Waals surface area contributed by atoms with E-state index in [4.69, 9.17) is 9.15 Å². The molecule has 0 radical (unpaired) electrons. The Bertz CT molecular complexity index is 497. The minimum absolute atomic E-state index is 0.0876. The molecular formula is C14H16FNO2. The summed E-state index contributed by atoms with van der Waals surface area (Å²) in [6.07, 6.45) is 1.64. The Kier molecular flexibility index (Phi) is 3.99. The molecule has 4 heteroatoms. The molecule has 1 N–H and O–H groups in total. The van der Waals surface area contributed by atoms with Gasteiger partial charge in [0.05, 0.1) is 19.9 Å². The van der Waals surface area contributed by atoms with Crippen molar-refractivity contribution in [1.29, 1.82) is 0 Å². The number of nitrogens with one attached hydrogen (secondary N) is 1. The molecule has 0 amide bonds. The molecule has 3 nitrogen and oxygen atoms in total. The molecule has 0 aliphatic carbocycles. The van der Waals surface area contributed by atoms with Crippen molar-refractivity contribution in [1.82, 2.24) is 5.32 Å². The van der Waals surface area contributed by atoms with Gasteiger partial charge in [-0.3, -0.25) is 0 Å². The number of benzene rings is 1. The van der Waals surface area contributed by atoms with Gasteiger partial charge < -0.3 is 14.5 Å². The van der Waals surface area contributed by atoms with E-state index < -0.39 is 0 Å². The van der Waals surface area contributed by atoms with E-state index in [1.807, 2.05) is 19.1 Å². The fourth-order valence-corrected chi connectivity index (χ4v) is 1.73. The SMILES string of the molecule is COc1cc(C(C)NCc2ccco2)ccc1F. The molecule has 1 aromatic heterocycles. The van der Waals surface area contributed by atoms with E-state index in [1.54, 1.807) is 18.4 Å². The predicted molar refractivity (Wildman–Crippen MR) is 66.9 cm³/mol. The second-order valence-electron chi connectivity index (χ2n) is 4.08. The van der Waals surface area contributed by atoms with Crippen molar-refractivity contribution in [2.45, 2.75) is 19.5 Å². The van der Waals surface area contributed by atoms with Crippen molar-refractivity contribution in [2.24, 2.45) is 0 Å². The first kappa shape index (κ1) is 12.6. The fraction of sp³-hybridized carbons (Fsp3) is 0.286. The van der Waals surface area contributed by atoms with E-state index in [-0.39, 0.29) is 17.6 Å². The highest BCUT2D eigenvalue weighted by Crippen LogP contribution is 2.22. The third-order valence-corrected chi connectivity index (χ3v) is 2.84. The molecular weight excluding hydrogens is 233 g/mol. The molecule has 1 heterocycles. The lowest BCUT2D eigenvalue weighted by molar-refractivity contribution is 0.384. The van der Waals surface area contributed by atoms with E-state index in [0.29, 0.717) is 6.54 Å². The molecule has 0 saturated carbocycles. The molecule has 0 bridgehead atoms. The zero-order valence-electron chi connectivity index (χ0n) is 10.4. The quantitative estimate of drug-likeness (QED) is 0.883. The number of furan rings is 1. The molecule has 2 rings (SSSR count). The van der Waals surface area contributed by atoms with Gasteiger partial charge in [-0.25, -0.2) is 4.39 Å². The van der Waals surface area contributed by atoms with Crippen LogP contribution in [0.4, 0.5) is 4.39 Å². The maximum absolute atomic E-state index is 13.3. The van der Waals surface area contributed by atoms with Crippen molar-refractivity contribution in [3.8, 4) is 5.75 Å². The highest BCUT2D eigenvalue weighted by atomic mass is 19.1. The Morgan fingerprint density at radius 2 is 2.22 bits per heavy atom. The second-order valence-corrected chi connectivity index (χ2v) is 4.08. The van der Waals surface area contributed by atoms with Crippen LogP contribution in [0.2, 0.25) is 0 Å². The Morgan fingerprint density at radius 3 is 2.89 bits per heavy atom. The third kappa shape index (κ3) is 2.90. The Labute approximate surface area is 106 Å². The summed E-state index contributed by atoms with van der Waals surface area (Å²) in [4.78, 5) is 0. The van der Waals surface area contributed by atoms with Gasteiger partial charge in [-0.15, -0.1) is 0 Å². The van der Waals surface area contributed by atoms with Crippen LogP contribution < -0.4 is 10.1 Å². The number of methoxy groups -OCH3 is 1. The van der Waals surface area contributed by atoms with E-state index >= 15 is 0 Å². The summed E-state index contributed by atoms with van der Waals surface area (Å²) in [6.45, 7) is 2.64. The largest absolute Gasteiger partial charge is 0.494 e. The van der Waals surface area contributed by atoms with Crippen molar-refractivity contribution in [2.75, 3.05) is 7.11 Å². The first-order chi connectivity index (χ1) is 8.70. The van der Waals surface area contributed by atoms with Gasteiger partial charge in [0.2, 0.25) is 0 Å². The maximum Gasteiger partial charge on any atom is 0.165 e. The highest BCUT2D eigenvalue weighted by molar-refractivity contribution is 5.31. The van der Waals surface area contributed by atoms with Crippen LogP contribution in [0.3, 0.4) is 0 Å². The minimum Gasteiger partial charge on any atom is -0.494 e. The van der Waals surface area contributed by atoms with Gasteiger partial charge in [-0.2, -0.15) is 0 Å². The minimum atomic E-state index is -0.348. The first-order valence-corrected chi connectivity index (χ1v) is 5.80. The molecule has 18 heavy (non-hydrogen) atoms. The molecule has 0 aliphatic heterocycles. The number of hydrogen-bond acceptors (Lipinski definition) is 3. The average molecular weight is 249 g/mol. The van der Waals surface area contributed by atoms with E-state index in [0.717, 1.165) is 11.3 Å². The zero-order valence-corrected chi connectivity index (χ0v) is 10.4. The summed E-state index contributed by atoms with van der Waals surface area (Å²) in [6, 6.07) is 8.71. The van der Waals surface area contributed by atoms with Gasteiger partial charge in [0.25, 0.3) is 0 Å². The molecule has 0 saturated heterocycles. The lowest BCUT2D eigenvalue weighted by atomic mass is 10.1. The van der Waals surface area contributed by atoms with Crippen molar-refractivity contribution < 1.29 is 13.5 Å². The van der Waals surface area contributed by atoms with Gasteiger partial charge in [0.15, 0.2) is 11.6 Å². The van der Waals surface area contributed by atoms with Crippen LogP contribution in [0.25, 0.3) is 0 Å². The lowest BCUT2D eigenvalue weighted by Crippen LogP contribution is -2.17. The van der Waals surface area contributed by atoms with Gasteiger partial charge in [-0.1, -0.05) is 6.07 Å². The summed E-state index contributed by atoms with van der Waals surface area (Å²) in [5, 5.41) is 3.30. The molecule has 96 valence electrons. The number of ether oxygens (including phenoxy) is 1. The first-order valence-electron chi connectivity index (χ1n) is 5.80. The Hall–Kier alpha value is -1.81. The summed E-state index contributed by atoms with van der Waals surface area (Å²) in [5.74, 6) is 0.787. The summed E-state index contributed by atoms with van der Waals surface area (Å²) < 4.78 is 23.5. The number of rotatable bonds is 5. The molecule has 1 aromatic carbocycles. The topological polar surface area (TPSA) is 34.4 Å². The van der Waals surface area contributed by atoms with Crippen molar-refractivity contribution in [3.05, 3.63) is 53.7 Å². The van der Waals surface area contributed by atoms with Crippen LogP contribution in [0.15, 0.2) is 41.0 Å². The molecule has 1 atom stereocenters. The highest BCUT2D eigenvalue weighted by Gasteiger charge is 2.09. The van der Waals surface area contributed by atoms with Crippen LogP contribution in [0, 0.1) is 5.82 Å². The molecule has 0 aliphatic rings. The Balaban J connectivity index is 2.02. The normalized spacial score (nSPS) is 12.4. The van der Waals surface area contributed by atoms with Crippen LogP contribution in [0.5, 0.6) is 5.75 Å². The fourth-order valence-electron chi connectivity index (χ4n) is 1.73. The van der Waals surface area contributed by atoms with Crippen LogP contribution in [-0.4, -0.2) is 7.11 Å². The van der Waals surface area contributed by atoms with Gasteiger partial charge >= 0.3 is 0 Å². The number of halogens is 1. The maximum atomic E-state index is 13.3.